The van der Waals surface area contributed by atoms with Crippen molar-refractivity contribution in [2.45, 2.75) is 44.4 Å². The molecule has 2 aromatic carbocycles. The number of hydrogen-bond donors (Lipinski definition) is 2. The van der Waals surface area contributed by atoms with Gasteiger partial charge in [-0.2, -0.15) is 0 Å². The van der Waals surface area contributed by atoms with Gasteiger partial charge in [-0.3, -0.25) is 0 Å². The van der Waals surface area contributed by atoms with Crippen molar-refractivity contribution in [3.05, 3.63) is 59.2 Å². The molecule has 0 aromatic heterocycles. The van der Waals surface area contributed by atoms with E-state index in [0.717, 1.165) is 24.5 Å². The minimum absolute atomic E-state index is 0.750. The highest BCUT2D eigenvalue weighted by Crippen LogP contribution is 2.43. The molecule has 2 aliphatic carbocycles. The van der Waals surface area contributed by atoms with E-state index < -0.39 is 0 Å². The van der Waals surface area contributed by atoms with Crippen LogP contribution in [0.3, 0.4) is 0 Å². The van der Waals surface area contributed by atoms with Crippen LogP contribution in [0.15, 0.2) is 42.5 Å². The number of benzene rings is 2. The van der Waals surface area contributed by atoms with Crippen LogP contribution in [0.2, 0.25) is 0 Å². The molecule has 0 amide bonds. The van der Waals surface area contributed by atoms with E-state index in [2.05, 4.69) is 42.5 Å². The highest BCUT2D eigenvalue weighted by molar-refractivity contribution is 5.78. The molecule has 0 bridgehead atoms. The second kappa shape index (κ2) is 9.48. The number of rotatable bonds is 1. The number of fused-ring (bicyclic) bond motifs is 3. The summed E-state index contributed by atoms with van der Waals surface area (Å²) in [4.78, 5) is 16.7. The second-order valence-corrected chi connectivity index (χ2v) is 6.25. The van der Waals surface area contributed by atoms with Crippen LogP contribution in [0.1, 0.15) is 54.7 Å². The molecule has 0 heterocycles. The Balaban J connectivity index is 0.000000334. The van der Waals surface area contributed by atoms with E-state index in [1.165, 1.54) is 48.8 Å². The molecular weight excluding hydrogens is 312 g/mol. The van der Waals surface area contributed by atoms with E-state index in [4.69, 9.17) is 20.4 Å². The lowest BCUT2D eigenvalue weighted by Crippen LogP contribution is -2.07. The van der Waals surface area contributed by atoms with E-state index in [1.54, 1.807) is 11.1 Å². The molecule has 0 atom stereocenters. The Hall–Kier alpha value is -2.80. The predicted octanol–water partition coefficient (Wildman–Crippen LogP) is 5.11. The Morgan fingerprint density at radius 3 is 2.08 bits per heavy atom. The van der Waals surface area contributed by atoms with Crippen molar-refractivity contribution in [2.75, 3.05) is 0 Å². The Labute approximate surface area is 147 Å². The normalized spacial score (nSPS) is 14.4. The lowest BCUT2D eigenvalue weighted by atomic mass is 9.81. The Bertz CT molecular complexity index is 768. The molecule has 0 aliphatic heterocycles. The fourth-order valence-electron chi connectivity index (χ4n) is 3.98. The molecule has 0 unspecified atom stereocenters. The van der Waals surface area contributed by atoms with Crippen molar-refractivity contribution in [1.82, 2.24) is 0 Å². The quantitative estimate of drug-likeness (QED) is 0.479. The first-order chi connectivity index (χ1) is 12.3. The summed E-state index contributed by atoms with van der Waals surface area (Å²) in [6.45, 7) is 0. The summed E-state index contributed by atoms with van der Waals surface area (Å²) >= 11 is 0. The van der Waals surface area contributed by atoms with Crippen molar-refractivity contribution >= 4 is 12.2 Å². The Morgan fingerprint density at radius 1 is 0.800 bits per heavy atom. The van der Waals surface area contributed by atoms with Crippen LogP contribution < -0.4 is 0 Å². The van der Waals surface area contributed by atoms with Gasteiger partial charge in [-0.05, 0) is 53.0 Å². The predicted molar refractivity (Wildman–Crippen MR) is 97.3 cm³/mol. The standard InChI is InChI=1S/C19H20.2CHNO/c1-2-7-14(8-3-1)16-11-6-12-18-17-10-5-4-9-15(17)13-19(16)18;2*2-1-3/h4-6,9-12,14H,1-3,7-8,13H2;2*2H. The molecule has 2 aromatic rings. The molecule has 0 radical (unpaired) electrons. The summed E-state index contributed by atoms with van der Waals surface area (Å²) in [5.41, 5.74) is 7.75. The minimum atomic E-state index is 0.750. The lowest BCUT2D eigenvalue weighted by molar-refractivity contribution is 0.442. The SMILES string of the molecule is N=C=O.N=C=O.c1ccc2c(c1)Cc1c-2cccc1C1CCCCC1. The Morgan fingerprint density at radius 2 is 1.40 bits per heavy atom. The van der Waals surface area contributed by atoms with Gasteiger partial charge in [0.25, 0.3) is 0 Å². The third-order valence-electron chi connectivity index (χ3n) is 4.93. The van der Waals surface area contributed by atoms with Crippen LogP contribution in [0.5, 0.6) is 0 Å². The molecule has 128 valence electrons. The molecule has 0 saturated heterocycles. The van der Waals surface area contributed by atoms with Gasteiger partial charge in [0.15, 0.2) is 0 Å². The zero-order chi connectivity index (χ0) is 18.1. The maximum atomic E-state index is 8.35. The van der Waals surface area contributed by atoms with Crippen LogP contribution in [-0.4, -0.2) is 12.2 Å². The number of nitrogens with one attached hydrogen (secondary N) is 2. The van der Waals surface area contributed by atoms with Crippen molar-refractivity contribution in [3.63, 3.8) is 0 Å². The van der Waals surface area contributed by atoms with E-state index in [9.17, 15) is 0 Å². The monoisotopic (exact) mass is 334 g/mol. The third-order valence-corrected chi connectivity index (χ3v) is 4.93. The average molecular weight is 334 g/mol. The van der Waals surface area contributed by atoms with Crippen LogP contribution in [0.4, 0.5) is 0 Å². The zero-order valence-corrected chi connectivity index (χ0v) is 14.2. The van der Waals surface area contributed by atoms with Gasteiger partial charge in [0.2, 0.25) is 12.2 Å². The van der Waals surface area contributed by atoms with E-state index in [-0.39, 0.29) is 0 Å². The van der Waals surface area contributed by atoms with Gasteiger partial charge in [-0.15, -0.1) is 0 Å². The first kappa shape index (κ1) is 18.5. The molecule has 4 rings (SSSR count). The van der Waals surface area contributed by atoms with Crippen LogP contribution in [0, 0.1) is 10.8 Å². The topological polar surface area (TPSA) is 81.8 Å². The largest absolute Gasteiger partial charge is 0.231 e. The Kier molecular flexibility index (Phi) is 7.03. The van der Waals surface area contributed by atoms with E-state index in [0.29, 0.717) is 0 Å². The second-order valence-electron chi connectivity index (χ2n) is 6.25. The summed E-state index contributed by atoms with van der Waals surface area (Å²) in [6.07, 6.45) is 9.71. The molecule has 1 saturated carbocycles. The summed E-state index contributed by atoms with van der Waals surface area (Å²) in [5, 5.41) is 10.8. The molecule has 2 aliphatic rings. The van der Waals surface area contributed by atoms with Gasteiger partial charge >= 0.3 is 0 Å². The third kappa shape index (κ3) is 4.39. The smallest absolute Gasteiger partial charge is 0.222 e. The molecule has 1 fully saturated rings. The molecule has 2 N–H and O–H groups in total. The van der Waals surface area contributed by atoms with Gasteiger partial charge in [0.05, 0.1) is 0 Å². The van der Waals surface area contributed by atoms with E-state index in [1.807, 2.05) is 0 Å². The molecule has 0 spiro atoms. The fraction of sp³-hybridized carbons (Fsp3) is 0.333. The molecule has 4 heteroatoms. The maximum absolute atomic E-state index is 8.35. The summed E-state index contributed by atoms with van der Waals surface area (Å²) in [5.74, 6) is 0.818. The van der Waals surface area contributed by atoms with Crippen molar-refractivity contribution in [1.29, 1.82) is 10.8 Å². The molecule has 4 nitrogen and oxygen atoms in total. The van der Waals surface area contributed by atoms with E-state index >= 15 is 0 Å². The van der Waals surface area contributed by atoms with Crippen molar-refractivity contribution in [3.8, 4) is 11.1 Å². The van der Waals surface area contributed by atoms with Crippen LogP contribution in [-0.2, 0) is 16.0 Å². The highest BCUT2D eigenvalue weighted by atomic mass is 16.1. The first-order valence-corrected chi connectivity index (χ1v) is 8.54. The van der Waals surface area contributed by atoms with Gasteiger partial charge in [-0.25, -0.2) is 20.4 Å². The molecule has 25 heavy (non-hydrogen) atoms. The first-order valence-electron chi connectivity index (χ1n) is 8.54. The fourth-order valence-corrected chi connectivity index (χ4v) is 3.98. The number of carbonyl (C=O) groups excluding carboxylic acids is 2. The highest BCUT2D eigenvalue weighted by Gasteiger charge is 2.24. The number of hydrogen-bond acceptors (Lipinski definition) is 4. The van der Waals surface area contributed by atoms with Gasteiger partial charge < -0.3 is 0 Å². The zero-order valence-electron chi connectivity index (χ0n) is 14.2. The van der Waals surface area contributed by atoms with Crippen LogP contribution in [0.25, 0.3) is 11.1 Å². The minimum Gasteiger partial charge on any atom is -0.222 e. The van der Waals surface area contributed by atoms with Gasteiger partial charge in [-0.1, -0.05) is 61.7 Å². The summed E-state index contributed by atoms with van der Waals surface area (Å²) in [6, 6.07) is 15.9. The van der Waals surface area contributed by atoms with Crippen molar-refractivity contribution < 1.29 is 9.59 Å². The average Bonchev–Trinajstić information content (AvgIpc) is 3.02. The summed E-state index contributed by atoms with van der Waals surface area (Å²) < 4.78 is 0. The number of isocyanates is 2. The summed E-state index contributed by atoms with van der Waals surface area (Å²) in [7, 11) is 0. The lowest BCUT2D eigenvalue weighted by Gasteiger charge is -2.24. The maximum Gasteiger partial charge on any atom is 0.231 e. The van der Waals surface area contributed by atoms with Crippen LogP contribution >= 0.6 is 0 Å². The molecular formula is C21H22N2O2. The van der Waals surface area contributed by atoms with Crippen molar-refractivity contribution in [2.24, 2.45) is 0 Å². The van der Waals surface area contributed by atoms with Gasteiger partial charge in [0.1, 0.15) is 0 Å². The van der Waals surface area contributed by atoms with Gasteiger partial charge in [0, 0.05) is 0 Å².